The minimum atomic E-state index is -0.476. The zero-order valence-corrected chi connectivity index (χ0v) is 8.23. The molecule has 0 radical (unpaired) electrons. The summed E-state index contributed by atoms with van der Waals surface area (Å²) < 4.78 is 0. The molecule has 1 aromatic rings. The van der Waals surface area contributed by atoms with E-state index in [1.807, 2.05) is 13.0 Å². The molecule has 0 unspecified atom stereocenters. The first-order valence-electron chi connectivity index (χ1n) is 3.97. The lowest BCUT2D eigenvalue weighted by Crippen LogP contribution is -2.13. The number of hydrogen-bond donors (Lipinski definition) is 2. The van der Waals surface area contributed by atoms with Crippen LogP contribution in [0.15, 0.2) is 23.1 Å². The predicted octanol–water partition coefficient (Wildman–Crippen LogP) is 1.48. The van der Waals surface area contributed by atoms with Crippen LogP contribution in [0.4, 0.5) is 5.69 Å². The Morgan fingerprint density at radius 1 is 1.54 bits per heavy atom. The first-order valence-corrected chi connectivity index (χ1v) is 4.96. The second-order valence-corrected chi connectivity index (χ2v) is 3.88. The lowest BCUT2D eigenvalue weighted by atomic mass is 10.2. The summed E-state index contributed by atoms with van der Waals surface area (Å²) >= 11 is 1.65. The molecular formula is C9H12N2OS. The molecule has 4 N–H and O–H groups in total. The lowest BCUT2D eigenvalue weighted by molar-refractivity contribution is 0.100. The van der Waals surface area contributed by atoms with Crippen LogP contribution in [-0.2, 0) is 0 Å². The fraction of sp³-hybridized carbons (Fsp3) is 0.222. The molecule has 0 aliphatic heterocycles. The van der Waals surface area contributed by atoms with Gasteiger partial charge in [0.25, 0.3) is 5.91 Å². The van der Waals surface area contributed by atoms with Crippen molar-refractivity contribution in [2.75, 3.05) is 11.5 Å². The highest BCUT2D eigenvalue weighted by Gasteiger charge is 2.05. The molecule has 70 valence electrons. The van der Waals surface area contributed by atoms with Crippen molar-refractivity contribution >= 4 is 23.4 Å². The molecule has 0 heterocycles. The fourth-order valence-electron chi connectivity index (χ4n) is 1.01. The van der Waals surface area contributed by atoms with Crippen molar-refractivity contribution in [3.63, 3.8) is 0 Å². The third-order valence-corrected chi connectivity index (χ3v) is 2.48. The Labute approximate surface area is 81.5 Å². The highest BCUT2D eigenvalue weighted by atomic mass is 32.2. The van der Waals surface area contributed by atoms with E-state index in [1.54, 1.807) is 23.9 Å². The second-order valence-electron chi connectivity index (χ2n) is 2.55. The number of amides is 1. The molecule has 0 atom stereocenters. The summed E-state index contributed by atoms with van der Waals surface area (Å²) in [7, 11) is 0. The summed E-state index contributed by atoms with van der Waals surface area (Å²) in [6.07, 6.45) is 0. The Hall–Kier alpha value is -1.16. The van der Waals surface area contributed by atoms with E-state index in [1.165, 1.54) is 0 Å². The monoisotopic (exact) mass is 196 g/mol. The van der Waals surface area contributed by atoms with Gasteiger partial charge in [0, 0.05) is 10.6 Å². The second kappa shape index (κ2) is 4.18. The molecule has 0 aromatic heterocycles. The topological polar surface area (TPSA) is 69.1 Å². The molecule has 0 aliphatic carbocycles. The third-order valence-electron chi connectivity index (χ3n) is 1.60. The average molecular weight is 196 g/mol. The lowest BCUT2D eigenvalue weighted by Gasteiger charge is -2.04. The van der Waals surface area contributed by atoms with Crippen LogP contribution < -0.4 is 11.5 Å². The third kappa shape index (κ3) is 2.39. The number of nitrogens with two attached hydrogens (primary N) is 2. The van der Waals surface area contributed by atoms with Crippen LogP contribution in [0.25, 0.3) is 0 Å². The van der Waals surface area contributed by atoms with Crippen LogP contribution >= 0.6 is 11.8 Å². The van der Waals surface area contributed by atoms with Gasteiger partial charge in [-0.3, -0.25) is 4.79 Å². The molecule has 1 amide bonds. The molecule has 0 saturated carbocycles. The maximum atomic E-state index is 10.9. The van der Waals surface area contributed by atoms with E-state index < -0.39 is 5.91 Å². The Kier molecular flexibility index (Phi) is 3.19. The molecule has 4 heteroatoms. The maximum absolute atomic E-state index is 10.9. The molecule has 0 fully saturated rings. The Balaban J connectivity index is 3.04. The standard InChI is InChI=1S/C9H12N2OS/c1-2-13-6-3-4-8(10)7(5-6)9(11)12/h3-5H,2,10H2,1H3,(H2,11,12). The summed E-state index contributed by atoms with van der Waals surface area (Å²) in [5.74, 6) is 0.485. The predicted molar refractivity (Wildman–Crippen MR) is 55.8 cm³/mol. The van der Waals surface area contributed by atoms with Crippen molar-refractivity contribution < 1.29 is 4.79 Å². The van der Waals surface area contributed by atoms with E-state index in [0.717, 1.165) is 10.6 Å². The number of benzene rings is 1. The van der Waals surface area contributed by atoms with Crippen LogP contribution in [0.3, 0.4) is 0 Å². The SMILES string of the molecule is CCSc1ccc(N)c(C(N)=O)c1. The number of anilines is 1. The summed E-state index contributed by atoms with van der Waals surface area (Å²) in [4.78, 5) is 11.9. The number of rotatable bonds is 3. The van der Waals surface area contributed by atoms with E-state index in [9.17, 15) is 4.79 Å². The van der Waals surface area contributed by atoms with E-state index >= 15 is 0 Å². The zero-order valence-electron chi connectivity index (χ0n) is 7.41. The highest BCUT2D eigenvalue weighted by Crippen LogP contribution is 2.22. The van der Waals surface area contributed by atoms with Gasteiger partial charge >= 0.3 is 0 Å². The van der Waals surface area contributed by atoms with Crippen LogP contribution in [0, 0.1) is 0 Å². The first kappa shape index (κ1) is 9.92. The van der Waals surface area contributed by atoms with E-state index in [0.29, 0.717) is 11.3 Å². The van der Waals surface area contributed by atoms with Gasteiger partial charge in [-0.25, -0.2) is 0 Å². The van der Waals surface area contributed by atoms with Gasteiger partial charge in [0.05, 0.1) is 5.56 Å². The average Bonchev–Trinajstić information content (AvgIpc) is 2.08. The number of hydrogen-bond acceptors (Lipinski definition) is 3. The highest BCUT2D eigenvalue weighted by molar-refractivity contribution is 7.99. The number of nitrogen functional groups attached to an aromatic ring is 1. The first-order chi connectivity index (χ1) is 6.15. The van der Waals surface area contributed by atoms with Crippen molar-refractivity contribution in [2.45, 2.75) is 11.8 Å². The Morgan fingerprint density at radius 3 is 2.77 bits per heavy atom. The molecule has 0 saturated heterocycles. The van der Waals surface area contributed by atoms with Crippen LogP contribution in [-0.4, -0.2) is 11.7 Å². The largest absolute Gasteiger partial charge is 0.398 e. The molecule has 0 spiro atoms. The van der Waals surface area contributed by atoms with E-state index in [2.05, 4.69) is 0 Å². The van der Waals surface area contributed by atoms with Crippen molar-refractivity contribution in [3.05, 3.63) is 23.8 Å². The van der Waals surface area contributed by atoms with Crippen molar-refractivity contribution in [2.24, 2.45) is 5.73 Å². The van der Waals surface area contributed by atoms with Crippen LogP contribution in [0.1, 0.15) is 17.3 Å². The number of primary amides is 1. The van der Waals surface area contributed by atoms with Gasteiger partial charge in [-0.1, -0.05) is 6.92 Å². The quantitative estimate of drug-likeness (QED) is 0.568. The molecule has 13 heavy (non-hydrogen) atoms. The fourth-order valence-corrected chi connectivity index (χ4v) is 1.70. The Morgan fingerprint density at radius 2 is 2.23 bits per heavy atom. The Bertz CT molecular complexity index is 325. The maximum Gasteiger partial charge on any atom is 0.250 e. The normalized spacial score (nSPS) is 9.92. The molecule has 3 nitrogen and oxygen atoms in total. The van der Waals surface area contributed by atoms with Gasteiger partial charge in [0.2, 0.25) is 0 Å². The van der Waals surface area contributed by atoms with Crippen LogP contribution in [0.5, 0.6) is 0 Å². The van der Waals surface area contributed by atoms with Crippen LogP contribution in [0.2, 0.25) is 0 Å². The van der Waals surface area contributed by atoms with E-state index in [-0.39, 0.29) is 0 Å². The van der Waals surface area contributed by atoms with Crippen molar-refractivity contribution in [1.29, 1.82) is 0 Å². The minimum absolute atomic E-state index is 0.401. The smallest absolute Gasteiger partial charge is 0.250 e. The summed E-state index contributed by atoms with van der Waals surface area (Å²) in [5, 5.41) is 0. The molecule has 0 bridgehead atoms. The number of carbonyl (C=O) groups is 1. The summed E-state index contributed by atoms with van der Waals surface area (Å²) in [5.41, 5.74) is 11.6. The zero-order chi connectivity index (χ0) is 9.84. The number of thioether (sulfide) groups is 1. The van der Waals surface area contributed by atoms with Gasteiger partial charge in [-0.2, -0.15) is 0 Å². The summed E-state index contributed by atoms with van der Waals surface area (Å²) in [6.45, 7) is 2.05. The van der Waals surface area contributed by atoms with Gasteiger partial charge in [0.15, 0.2) is 0 Å². The van der Waals surface area contributed by atoms with Gasteiger partial charge in [0.1, 0.15) is 0 Å². The van der Waals surface area contributed by atoms with Gasteiger partial charge < -0.3 is 11.5 Å². The van der Waals surface area contributed by atoms with Gasteiger partial charge in [-0.05, 0) is 24.0 Å². The number of carbonyl (C=O) groups excluding carboxylic acids is 1. The molecule has 1 aromatic carbocycles. The van der Waals surface area contributed by atoms with Crippen molar-refractivity contribution in [3.8, 4) is 0 Å². The molecule has 1 rings (SSSR count). The molecule has 0 aliphatic rings. The van der Waals surface area contributed by atoms with Crippen molar-refractivity contribution in [1.82, 2.24) is 0 Å². The van der Waals surface area contributed by atoms with Gasteiger partial charge in [-0.15, -0.1) is 11.8 Å². The minimum Gasteiger partial charge on any atom is -0.398 e. The van der Waals surface area contributed by atoms with E-state index in [4.69, 9.17) is 11.5 Å². The summed E-state index contributed by atoms with van der Waals surface area (Å²) in [6, 6.07) is 5.32. The molecular weight excluding hydrogens is 184 g/mol.